The number of imidazole rings is 1. The van der Waals surface area contributed by atoms with Crippen molar-refractivity contribution in [1.82, 2.24) is 14.5 Å². The van der Waals surface area contributed by atoms with E-state index in [2.05, 4.69) is 20.9 Å². The van der Waals surface area contributed by atoms with Crippen LogP contribution < -0.4 is 0 Å². The fourth-order valence-electron chi connectivity index (χ4n) is 3.02. The highest BCUT2D eigenvalue weighted by Gasteiger charge is 2.28. The third-order valence-electron chi connectivity index (χ3n) is 4.34. The molecule has 3 rings (SSSR count). The minimum Gasteiger partial charge on any atom is -0.444 e. The predicted octanol–water partition coefficient (Wildman–Crippen LogP) is 2.88. The molecule has 1 aliphatic heterocycles. The van der Waals surface area contributed by atoms with Crippen LogP contribution in [0.5, 0.6) is 0 Å². The average molecular weight is 412 g/mol. The molecule has 25 heavy (non-hydrogen) atoms. The number of halogens is 1. The van der Waals surface area contributed by atoms with E-state index in [-0.39, 0.29) is 5.91 Å². The number of hydrogen-bond acceptors (Lipinski definition) is 5. The number of amides is 1. The van der Waals surface area contributed by atoms with Crippen molar-refractivity contribution in [3.8, 4) is 0 Å². The SMILES string of the molecule is COCCOCn1ccnc1C1CCN(C(=O)c2ccc(Br)o2)CC1. The molecule has 0 unspecified atom stereocenters. The van der Waals surface area contributed by atoms with Gasteiger partial charge in [0.25, 0.3) is 5.91 Å². The van der Waals surface area contributed by atoms with Gasteiger partial charge in [-0.25, -0.2) is 4.98 Å². The number of hydrogen-bond donors (Lipinski definition) is 0. The Morgan fingerprint density at radius 1 is 1.36 bits per heavy atom. The van der Waals surface area contributed by atoms with Crippen molar-refractivity contribution in [3.63, 3.8) is 0 Å². The lowest BCUT2D eigenvalue weighted by atomic mass is 9.96. The van der Waals surface area contributed by atoms with Crippen LogP contribution in [-0.4, -0.2) is 53.8 Å². The van der Waals surface area contributed by atoms with E-state index in [1.165, 1.54) is 0 Å². The van der Waals surface area contributed by atoms with Crippen LogP contribution in [0.2, 0.25) is 0 Å². The van der Waals surface area contributed by atoms with Crippen molar-refractivity contribution < 1.29 is 18.7 Å². The van der Waals surface area contributed by atoms with Gasteiger partial charge in [0.1, 0.15) is 12.6 Å². The molecule has 2 aromatic heterocycles. The summed E-state index contributed by atoms with van der Waals surface area (Å²) in [5, 5.41) is 0. The van der Waals surface area contributed by atoms with E-state index in [0.717, 1.165) is 18.7 Å². The van der Waals surface area contributed by atoms with E-state index in [4.69, 9.17) is 13.9 Å². The van der Waals surface area contributed by atoms with Gasteiger partial charge in [-0.1, -0.05) is 0 Å². The summed E-state index contributed by atoms with van der Waals surface area (Å²) in [4.78, 5) is 18.8. The Labute approximate surface area is 155 Å². The molecular weight excluding hydrogens is 390 g/mol. The van der Waals surface area contributed by atoms with Crippen LogP contribution in [-0.2, 0) is 16.2 Å². The maximum Gasteiger partial charge on any atom is 0.289 e. The third-order valence-corrected chi connectivity index (χ3v) is 4.77. The van der Waals surface area contributed by atoms with E-state index in [1.807, 2.05) is 15.7 Å². The van der Waals surface area contributed by atoms with Crippen LogP contribution in [0, 0.1) is 0 Å². The predicted molar refractivity (Wildman–Crippen MR) is 94.3 cm³/mol. The number of methoxy groups -OCH3 is 1. The second kappa shape index (κ2) is 8.64. The van der Waals surface area contributed by atoms with Crippen molar-refractivity contribution >= 4 is 21.8 Å². The molecule has 2 aromatic rings. The number of furan rings is 1. The van der Waals surface area contributed by atoms with Gasteiger partial charge in [-0.15, -0.1) is 0 Å². The van der Waals surface area contributed by atoms with Gasteiger partial charge < -0.3 is 23.4 Å². The monoisotopic (exact) mass is 411 g/mol. The summed E-state index contributed by atoms with van der Waals surface area (Å²) in [5.41, 5.74) is 0. The fraction of sp³-hybridized carbons (Fsp3) is 0.529. The molecule has 0 radical (unpaired) electrons. The second-order valence-electron chi connectivity index (χ2n) is 5.96. The summed E-state index contributed by atoms with van der Waals surface area (Å²) in [6.45, 7) is 2.99. The van der Waals surface area contributed by atoms with Gasteiger partial charge in [0, 0.05) is 38.5 Å². The highest BCUT2D eigenvalue weighted by atomic mass is 79.9. The molecule has 0 aliphatic carbocycles. The minimum atomic E-state index is -0.0598. The number of likely N-dealkylation sites (tertiary alicyclic amines) is 1. The lowest BCUT2D eigenvalue weighted by Crippen LogP contribution is -2.38. The summed E-state index contributed by atoms with van der Waals surface area (Å²) < 4.78 is 18.5. The fourth-order valence-corrected chi connectivity index (χ4v) is 3.33. The molecule has 0 bridgehead atoms. The van der Waals surface area contributed by atoms with Gasteiger partial charge in [0.2, 0.25) is 0 Å². The summed E-state index contributed by atoms with van der Waals surface area (Å²) in [7, 11) is 1.66. The highest BCUT2D eigenvalue weighted by molar-refractivity contribution is 9.10. The molecule has 136 valence electrons. The van der Waals surface area contributed by atoms with Gasteiger partial charge in [0.15, 0.2) is 10.4 Å². The number of ether oxygens (including phenoxy) is 2. The third kappa shape index (κ3) is 4.50. The lowest BCUT2D eigenvalue weighted by Gasteiger charge is -2.31. The van der Waals surface area contributed by atoms with Gasteiger partial charge in [-0.05, 0) is 40.9 Å². The molecule has 3 heterocycles. The molecule has 1 amide bonds. The molecule has 1 aliphatic rings. The van der Waals surface area contributed by atoms with Gasteiger partial charge in [-0.2, -0.15) is 0 Å². The standard InChI is InChI=1S/C17H22BrN3O4/c1-23-10-11-24-12-21-9-6-19-16(21)13-4-7-20(8-5-13)17(22)14-2-3-15(18)25-14/h2-3,6,9,13H,4-5,7-8,10-12H2,1H3. The zero-order chi connectivity index (χ0) is 17.6. The van der Waals surface area contributed by atoms with E-state index in [9.17, 15) is 4.79 Å². The zero-order valence-corrected chi connectivity index (χ0v) is 15.8. The van der Waals surface area contributed by atoms with Gasteiger partial charge in [0.05, 0.1) is 13.2 Å². The Morgan fingerprint density at radius 3 is 2.84 bits per heavy atom. The van der Waals surface area contributed by atoms with Gasteiger partial charge >= 0.3 is 0 Å². The first-order chi connectivity index (χ1) is 12.2. The number of carbonyl (C=O) groups is 1. The van der Waals surface area contributed by atoms with Crippen molar-refractivity contribution in [2.75, 3.05) is 33.4 Å². The Hall–Kier alpha value is -1.64. The van der Waals surface area contributed by atoms with Crippen LogP contribution in [0.3, 0.4) is 0 Å². The average Bonchev–Trinajstić information content (AvgIpc) is 3.27. The summed E-state index contributed by atoms with van der Waals surface area (Å²) in [5.74, 6) is 1.66. The van der Waals surface area contributed by atoms with E-state index in [1.54, 1.807) is 25.4 Å². The number of nitrogens with zero attached hydrogens (tertiary/aromatic N) is 3. The summed E-state index contributed by atoms with van der Waals surface area (Å²) in [6.07, 6.45) is 5.48. The summed E-state index contributed by atoms with van der Waals surface area (Å²) >= 11 is 3.23. The smallest absolute Gasteiger partial charge is 0.289 e. The van der Waals surface area contributed by atoms with Gasteiger partial charge in [-0.3, -0.25) is 4.79 Å². The Balaban J connectivity index is 1.54. The maximum absolute atomic E-state index is 12.4. The molecule has 8 heteroatoms. The number of rotatable bonds is 7. The maximum atomic E-state index is 12.4. The Bertz CT molecular complexity index is 692. The lowest BCUT2D eigenvalue weighted by molar-refractivity contribution is 0.0318. The topological polar surface area (TPSA) is 69.7 Å². The minimum absolute atomic E-state index is 0.0598. The van der Waals surface area contributed by atoms with E-state index >= 15 is 0 Å². The molecule has 0 N–H and O–H groups in total. The molecule has 7 nitrogen and oxygen atoms in total. The quantitative estimate of drug-likeness (QED) is 0.655. The van der Waals surface area contributed by atoms with Crippen molar-refractivity contribution in [2.24, 2.45) is 0 Å². The van der Waals surface area contributed by atoms with E-state index in [0.29, 0.717) is 49.4 Å². The molecule has 0 atom stereocenters. The Morgan fingerprint density at radius 2 is 2.16 bits per heavy atom. The van der Waals surface area contributed by atoms with Crippen LogP contribution in [0.1, 0.15) is 35.1 Å². The first-order valence-electron chi connectivity index (χ1n) is 8.31. The molecule has 0 spiro atoms. The largest absolute Gasteiger partial charge is 0.444 e. The molecule has 0 saturated carbocycles. The van der Waals surface area contributed by atoms with Crippen molar-refractivity contribution in [2.45, 2.75) is 25.5 Å². The van der Waals surface area contributed by atoms with Crippen LogP contribution in [0.25, 0.3) is 0 Å². The van der Waals surface area contributed by atoms with Crippen LogP contribution in [0.15, 0.2) is 33.6 Å². The number of piperidine rings is 1. The van der Waals surface area contributed by atoms with E-state index < -0.39 is 0 Å². The normalized spacial score (nSPS) is 15.7. The van der Waals surface area contributed by atoms with Crippen molar-refractivity contribution in [3.05, 3.63) is 40.8 Å². The van der Waals surface area contributed by atoms with Crippen molar-refractivity contribution in [1.29, 1.82) is 0 Å². The second-order valence-corrected chi connectivity index (χ2v) is 6.74. The molecule has 1 fully saturated rings. The first-order valence-corrected chi connectivity index (χ1v) is 9.10. The Kier molecular flexibility index (Phi) is 6.28. The zero-order valence-electron chi connectivity index (χ0n) is 14.2. The molecule has 0 aromatic carbocycles. The first kappa shape index (κ1) is 18.2. The highest BCUT2D eigenvalue weighted by Crippen LogP contribution is 2.28. The summed E-state index contributed by atoms with van der Waals surface area (Å²) in [6, 6.07) is 3.43. The number of aromatic nitrogens is 2. The van der Waals surface area contributed by atoms with Crippen LogP contribution >= 0.6 is 15.9 Å². The molecule has 1 saturated heterocycles. The number of carbonyl (C=O) groups excluding carboxylic acids is 1. The van der Waals surface area contributed by atoms with Crippen LogP contribution in [0.4, 0.5) is 0 Å². The molecular formula is C17H22BrN3O4.